The SMILES string of the molecule is CCCc1cc([N+](=O)[O-])ccc1Sc1ccc([N+](=O)[O-])cc1CCC. The first kappa shape index (κ1) is 18.9. The van der Waals surface area contributed by atoms with E-state index in [1.54, 1.807) is 24.3 Å². The smallest absolute Gasteiger partial charge is 0.258 e. The van der Waals surface area contributed by atoms with E-state index in [0.717, 1.165) is 46.6 Å². The predicted molar refractivity (Wildman–Crippen MR) is 98.3 cm³/mol. The molecule has 132 valence electrons. The molecule has 0 bridgehead atoms. The second-order valence-corrected chi connectivity index (χ2v) is 6.78. The average Bonchev–Trinajstić information content (AvgIpc) is 2.58. The summed E-state index contributed by atoms with van der Waals surface area (Å²) in [6.45, 7) is 4.06. The molecule has 0 heterocycles. The van der Waals surface area contributed by atoms with E-state index < -0.39 is 0 Å². The van der Waals surface area contributed by atoms with Crippen LogP contribution in [0.15, 0.2) is 46.2 Å². The van der Waals surface area contributed by atoms with Crippen molar-refractivity contribution in [1.29, 1.82) is 0 Å². The highest BCUT2D eigenvalue weighted by Gasteiger charge is 2.15. The first-order valence-corrected chi connectivity index (χ1v) is 9.00. The minimum atomic E-state index is -0.387. The lowest BCUT2D eigenvalue weighted by Gasteiger charge is -2.12. The molecule has 7 heteroatoms. The number of non-ortho nitro benzene ring substituents is 2. The molecule has 0 spiro atoms. The van der Waals surface area contributed by atoms with Gasteiger partial charge < -0.3 is 0 Å². The van der Waals surface area contributed by atoms with Gasteiger partial charge in [-0.15, -0.1) is 0 Å². The molecule has 0 fully saturated rings. The fourth-order valence-corrected chi connectivity index (χ4v) is 3.70. The molecule has 0 amide bonds. The first-order chi connectivity index (χ1) is 12.0. The van der Waals surface area contributed by atoms with Gasteiger partial charge in [-0.05, 0) is 36.1 Å². The zero-order valence-electron chi connectivity index (χ0n) is 14.2. The van der Waals surface area contributed by atoms with Crippen LogP contribution in [0, 0.1) is 20.2 Å². The van der Waals surface area contributed by atoms with Crippen molar-refractivity contribution in [3.8, 4) is 0 Å². The molecule has 0 saturated heterocycles. The summed E-state index contributed by atoms with van der Waals surface area (Å²) in [5.74, 6) is 0. The van der Waals surface area contributed by atoms with Gasteiger partial charge in [-0.25, -0.2) is 0 Å². The Kier molecular flexibility index (Phi) is 6.52. The Bertz CT molecular complexity index is 727. The third-order valence-electron chi connectivity index (χ3n) is 3.77. The van der Waals surface area contributed by atoms with Crippen LogP contribution in [0.3, 0.4) is 0 Å². The molecule has 0 saturated carbocycles. The Labute approximate surface area is 150 Å². The molecular weight excluding hydrogens is 340 g/mol. The number of nitro groups is 2. The summed E-state index contributed by atoms with van der Waals surface area (Å²) < 4.78 is 0. The number of hydrogen-bond acceptors (Lipinski definition) is 5. The second kappa shape index (κ2) is 8.62. The van der Waals surface area contributed by atoms with Gasteiger partial charge in [0.25, 0.3) is 11.4 Å². The fourth-order valence-electron chi connectivity index (χ4n) is 2.61. The van der Waals surface area contributed by atoms with Crippen LogP contribution in [0.1, 0.15) is 37.8 Å². The van der Waals surface area contributed by atoms with Crippen molar-refractivity contribution < 1.29 is 9.85 Å². The number of aryl methyl sites for hydroxylation is 2. The fraction of sp³-hybridized carbons (Fsp3) is 0.333. The molecule has 0 radical (unpaired) electrons. The molecule has 6 nitrogen and oxygen atoms in total. The van der Waals surface area contributed by atoms with Crippen LogP contribution in [-0.4, -0.2) is 9.85 Å². The topological polar surface area (TPSA) is 86.3 Å². The van der Waals surface area contributed by atoms with E-state index in [-0.39, 0.29) is 21.2 Å². The summed E-state index contributed by atoms with van der Waals surface area (Å²) in [5, 5.41) is 22.0. The molecule has 0 aliphatic heterocycles. The van der Waals surface area contributed by atoms with Crippen molar-refractivity contribution in [2.75, 3.05) is 0 Å². The minimum absolute atomic E-state index is 0.0882. The lowest BCUT2D eigenvalue weighted by molar-refractivity contribution is -0.385. The molecule has 25 heavy (non-hydrogen) atoms. The third-order valence-corrected chi connectivity index (χ3v) is 5.00. The number of rotatable bonds is 8. The van der Waals surface area contributed by atoms with Crippen LogP contribution in [0.25, 0.3) is 0 Å². The van der Waals surface area contributed by atoms with Crippen molar-refractivity contribution in [2.24, 2.45) is 0 Å². The van der Waals surface area contributed by atoms with Gasteiger partial charge in [0.05, 0.1) is 9.85 Å². The van der Waals surface area contributed by atoms with Gasteiger partial charge in [0.2, 0.25) is 0 Å². The van der Waals surface area contributed by atoms with Crippen LogP contribution in [0.4, 0.5) is 11.4 Å². The van der Waals surface area contributed by atoms with Gasteiger partial charge in [0.1, 0.15) is 0 Å². The van der Waals surface area contributed by atoms with Gasteiger partial charge in [-0.2, -0.15) is 0 Å². The minimum Gasteiger partial charge on any atom is -0.258 e. The lowest BCUT2D eigenvalue weighted by Crippen LogP contribution is -1.95. The second-order valence-electron chi connectivity index (χ2n) is 5.70. The van der Waals surface area contributed by atoms with Gasteiger partial charge in [0, 0.05) is 34.1 Å². The van der Waals surface area contributed by atoms with Crippen LogP contribution in [0.5, 0.6) is 0 Å². The molecule has 0 aliphatic carbocycles. The van der Waals surface area contributed by atoms with E-state index in [1.807, 2.05) is 13.8 Å². The van der Waals surface area contributed by atoms with E-state index >= 15 is 0 Å². The summed E-state index contributed by atoms with van der Waals surface area (Å²) >= 11 is 1.52. The Hall–Kier alpha value is -2.41. The van der Waals surface area contributed by atoms with Crippen LogP contribution < -0.4 is 0 Å². The first-order valence-electron chi connectivity index (χ1n) is 8.18. The molecular formula is C18H20N2O4S. The van der Waals surface area contributed by atoms with Gasteiger partial charge in [0.15, 0.2) is 0 Å². The summed E-state index contributed by atoms with van der Waals surface area (Å²) in [6.07, 6.45) is 3.27. The maximum atomic E-state index is 11.0. The molecule has 2 rings (SSSR count). The van der Waals surface area contributed by atoms with Gasteiger partial charge in [-0.3, -0.25) is 20.2 Å². The average molecular weight is 360 g/mol. The molecule has 2 aromatic rings. The zero-order valence-corrected chi connectivity index (χ0v) is 15.0. The zero-order chi connectivity index (χ0) is 18.4. The highest BCUT2D eigenvalue weighted by Crippen LogP contribution is 2.36. The summed E-state index contributed by atoms with van der Waals surface area (Å²) in [6, 6.07) is 9.79. The van der Waals surface area contributed by atoms with E-state index in [9.17, 15) is 20.2 Å². The van der Waals surface area contributed by atoms with Crippen LogP contribution in [-0.2, 0) is 12.8 Å². The molecule has 0 unspecified atom stereocenters. The standard InChI is InChI=1S/C18H20N2O4S/c1-3-5-13-11-15(19(21)22)7-9-17(13)25-18-10-8-16(20(23)24)12-14(18)6-4-2/h7-12H,3-6H2,1-2H3. The quantitative estimate of drug-likeness (QED) is 0.454. The van der Waals surface area contributed by atoms with E-state index in [2.05, 4.69) is 0 Å². The number of nitro benzene ring substituents is 2. The predicted octanol–water partition coefficient (Wildman–Crippen LogP) is 5.56. The Balaban J connectivity index is 2.41. The van der Waals surface area contributed by atoms with E-state index in [1.165, 1.54) is 23.9 Å². The highest BCUT2D eigenvalue weighted by molar-refractivity contribution is 7.99. The van der Waals surface area contributed by atoms with Crippen molar-refractivity contribution in [1.82, 2.24) is 0 Å². The maximum Gasteiger partial charge on any atom is 0.269 e. The lowest BCUT2D eigenvalue weighted by atomic mass is 10.1. The number of hydrogen-bond donors (Lipinski definition) is 0. The monoisotopic (exact) mass is 360 g/mol. The molecule has 0 atom stereocenters. The van der Waals surface area contributed by atoms with E-state index in [4.69, 9.17) is 0 Å². The number of benzene rings is 2. The molecule has 0 aliphatic rings. The van der Waals surface area contributed by atoms with Gasteiger partial charge >= 0.3 is 0 Å². The van der Waals surface area contributed by atoms with Crippen LogP contribution >= 0.6 is 11.8 Å². The molecule has 2 aromatic carbocycles. The normalized spacial score (nSPS) is 10.6. The largest absolute Gasteiger partial charge is 0.269 e. The Morgan fingerprint density at radius 1 is 0.800 bits per heavy atom. The Morgan fingerprint density at radius 2 is 1.20 bits per heavy atom. The molecule has 0 N–H and O–H groups in total. The third kappa shape index (κ3) is 4.79. The summed E-state index contributed by atoms with van der Waals surface area (Å²) in [5.41, 5.74) is 2.04. The van der Waals surface area contributed by atoms with E-state index in [0.29, 0.717) is 0 Å². The summed E-state index contributed by atoms with van der Waals surface area (Å²) in [4.78, 5) is 23.1. The van der Waals surface area contributed by atoms with Crippen molar-refractivity contribution in [3.05, 3.63) is 67.8 Å². The maximum absolute atomic E-state index is 11.0. The molecule has 0 aromatic heterocycles. The Morgan fingerprint density at radius 3 is 1.52 bits per heavy atom. The van der Waals surface area contributed by atoms with Crippen molar-refractivity contribution in [3.63, 3.8) is 0 Å². The summed E-state index contributed by atoms with van der Waals surface area (Å²) in [7, 11) is 0. The van der Waals surface area contributed by atoms with Gasteiger partial charge in [-0.1, -0.05) is 38.5 Å². The van der Waals surface area contributed by atoms with Crippen LogP contribution in [0.2, 0.25) is 0 Å². The highest BCUT2D eigenvalue weighted by atomic mass is 32.2. The number of nitrogens with zero attached hydrogens (tertiary/aromatic N) is 2. The van der Waals surface area contributed by atoms with Crippen molar-refractivity contribution >= 4 is 23.1 Å². The van der Waals surface area contributed by atoms with Crippen molar-refractivity contribution in [2.45, 2.75) is 49.3 Å².